The summed E-state index contributed by atoms with van der Waals surface area (Å²) in [6.07, 6.45) is 5.14. The first kappa shape index (κ1) is 11.3. The number of hydrogen-bond donors (Lipinski definition) is 1. The average Bonchev–Trinajstić information content (AvgIpc) is 2.70. The van der Waals surface area contributed by atoms with E-state index < -0.39 is 0 Å². The Morgan fingerprint density at radius 2 is 2.25 bits per heavy atom. The van der Waals surface area contributed by atoms with Crippen LogP contribution in [0.1, 0.15) is 11.4 Å². The molecule has 0 aliphatic carbocycles. The zero-order chi connectivity index (χ0) is 11.4. The van der Waals surface area contributed by atoms with Gasteiger partial charge in [0.25, 0.3) is 0 Å². The first-order chi connectivity index (χ1) is 7.74. The Balaban J connectivity index is 1.94. The minimum Gasteiger partial charge on any atom is -0.349 e. The molecule has 2 rings (SSSR count). The van der Waals surface area contributed by atoms with Gasteiger partial charge in [0.2, 0.25) is 0 Å². The highest BCUT2D eigenvalue weighted by Crippen LogP contribution is 2.14. The van der Waals surface area contributed by atoms with Crippen LogP contribution in [0, 0.1) is 5.82 Å². The predicted molar refractivity (Wildman–Crippen MR) is 65.1 cm³/mol. The van der Waals surface area contributed by atoms with Crippen LogP contribution in [0.25, 0.3) is 0 Å². The molecule has 0 radical (unpaired) electrons. The average molecular weight is 283 g/mol. The normalized spacial score (nSPS) is 12.6. The molecule has 1 aromatic heterocycles. The number of nitrogens with zero attached hydrogens (tertiary/aromatic N) is 1. The van der Waals surface area contributed by atoms with Gasteiger partial charge in [-0.25, -0.2) is 9.37 Å². The van der Waals surface area contributed by atoms with Crippen molar-refractivity contribution in [2.45, 2.75) is 17.7 Å². The van der Waals surface area contributed by atoms with Gasteiger partial charge in [-0.15, -0.1) is 0 Å². The lowest BCUT2D eigenvalue weighted by Crippen LogP contribution is -2.08. The smallest absolute Gasteiger partial charge is 0.123 e. The second-order valence-corrected chi connectivity index (χ2v) is 4.97. The standard InChI is InChI=1S/C12H12BrFN2/c13-10(8-12-15-4-5-16-12)6-9-2-1-3-11(14)7-9/h1-5,7,10H,6,8H2,(H,15,16). The number of nitrogens with one attached hydrogen (secondary N) is 1. The maximum atomic E-state index is 13.0. The van der Waals surface area contributed by atoms with E-state index in [0.717, 1.165) is 24.2 Å². The molecule has 1 unspecified atom stereocenters. The second-order valence-electron chi connectivity index (χ2n) is 3.67. The molecule has 0 amide bonds. The van der Waals surface area contributed by atoms with E-state index in [9.17, 15) is 4.39 Å². The third-order valence-electron chi connectivity index (χ3n) is 2.32. The molecule has 0 saturated carbocycles. The van der Waals surface area contributed by atoms with Crippen LogP contribution in [0.3, 0.4) is 0 Å². The summed E-state index contributed by atoms with van der Waals surface area (Å²) in [6.45, 7) is 0. The highest BCUT2D eigenvalue weighted by molar-refractivity contribution is 9.09. The monoisotopic (exact) mass is 282 g/mol. The van der Waals surface area contributed by atoms with Crippen LogP contribution >= 0.6 is 15.9 Å². The quantitative estimate of drug-likeness (QED) is 0.858. The topological polar surface area (TPSA) is 28.7 Å². The number of aromatic amines is 1. The summed E-state index contributed by atoms with van der Waals surface area (Å²) in [6, 6.07) is 6.69. The van der Waals surface area contributed by atoms with Crippen molar-refractivity contribution < 1.29 is 4.39 Å². The summed E-state index contributed by atoms with van der Waals surface area (Å²) in [4.78, 5) is 7.47. The van der Waals surface area contributed by atoms with Crippen molar-refractivity contribution in [3.8, 4) is 0 Å². The van der Waals surface area contributed by atoms with E-state index in [1.807, 2.05) is 6.07 Å². The predicted octanol–water partition coefficient (Wildman–Crippen LogP) is 3.10. The van der Waals surface area contributed by atoms with Gasteiger partial charge < -0.3 is 4.98 Å². The van der Waals surface area contributed by atoms with Crippen molar-refractivity contribution in [3.05, 3.63) is 53.9 Å². The van der Waals surface area contributed by atoms with Crippen LogP contribution in [0.5, 0.6) is 0 Å². The summed E-state index contributed by atoms with van der Waals surface area (Å²) < 4.78 is 13.0. The molecular weight excluding hydrogens is 271 g/mol. The van der Waals surface area contributed by atoms with Gasteiger partial charge in [-0.05, 0) is 24.1 Å². The fourth-order valence-electron chi connectivity index (χ4n) is 1.61. The molecule has 0 spiro atoms. The third-order valence-corrected chi connectivity index (χ3v) is 2.96. The Bertz CT molecular complexity index is 442. The van der Waals surface area contributed by atoms with Crippen LogP contribution in [-0.2, 0) is 12.8 Å². The summed E-state index contributed by atoms with van der Waals surface area (Å²) in [7, 11) is 0. The highest BCUT2D eigenvalue weighted by Gasteiger charge is 2.08. The van der Waals surface area contributed by atoms with E-state index in [1.54, 1.807) is 24.5 Å². The Hall–Kier alpha value is -1.16. The van der Waals surface area contributed by atoms with Gasteiger partial charge in [-0.2, -0.15) is 0 Å². The van der Waals surface area contributed by atoms with Crippen molar-refractivity contribution in [1.82, 2.24) is 9.97 Å². The number of alkyl halides is 1. The van der Waals surface area contributed by atoms with Crippen LogP contribution in [0.2, 0.25) is 0 Å². The lowest BCUT2D eigenvalue weighted by molar-refractivity contribution is 0.624. The van der Waals surface area contributed by atoms with E-state index in [1.165, 1.54) is 6.07 Å². The molecule has 16 heavy (non-hydrogen) atoms. The number of H-pyrrole nitrogens is 1. The molecule has 1 heterocycles. The number of benzene rings is 1. The van der Waals surface area contributed by atoms with Crippen LogP contribution < -0.4 is 0 Å². The summed E-state index contributed by atoms with van der Waals surface area (Å²) >= 11 is 3.58. The maximum absolute atomic E-state index is 13.0. The number of halogens is 2. The van der Waals surface area contributed by atoms with Gasteiger partial charge in [0.15, 0.2) is 0 Å². The van der Waals surface area contributed by atoms with E-state index in [4.69, 9.17) is 0 Å². The zero-order valence-corrected chi connectivity index (χ0v) is 10.2. The molecule has 0 bridgehead atoms. The molecule has 2 nitrogen and oxygen atoms in total. The summed E-state index contributed by atoms with van der Waals surface area (Å²) in [5, 5.41) is 0. The Morgan fingerprint density at radius 3 is 2.94 bits per heavy atom. The van der Waals surface area contributed by atoms with Crippen molar-refractivity contribution in [2.24, 2.45) is 0 Å². The molecule has 0 aliphatic heterocycles. The van der Waals surface area contributed by atoms with E-state index >= 15 is 0 Å². The Kier molecular flexibility index (Phi) is 3.72. The second kappa shape index (κ2) is 5.25. The zero-order valence-electron chi connectivity index (χ0n) is 8.66. The molecule has 2 aromatic rings. The first-order valence-electron chi connectivity index (χ1n) is 5.11. The van der Waals surface area contributed by atoms with Crippen LogP contribution in [0.15, 0.2) is 36.7 Å². The minimum atomic E-state index is -0.185. The van der Waals surface area contributed by atoms with Crippen LogP contribution in [0.4, 0.5) is 4.39 Å². The van der Waals surface area contributed by atoms with Gasteiger partial charge in [0, 0.05) is 23.6 Å². The number of hydrogen-bond acceptors (Lipinski definition) is 1. The molecular formula is C12H12BrFN2. The van der Waals surface area contributed by atoms with Gasteiger partial charge >= 0.3 is 0 Å². The van der Waals surface area contributed by atoms with Crippen molar-refractivity contribution in [2.75, 3.05) is 0 Å². The van der Waals surface area contributed by atoms with E-state index in [-0.39, 0.29) is 10.6 Å². The summed E-state index contributed by atoms with van der Waals surface area (Å²) in [5.41, 5.74) is 0.994. The SMILES string of the molecule is Fc1cccc(CC(Br)Cc2ncc[nH]2)c1. The van der Waals surface area contributed by atoms with Crippen LogP contribution in [-0.4, -0.2) is 14.8 Å². The molecule has 4 heteroatoms. The Morgan fingerprint density at radius 1 is 1.38 bits per heavy atom. The fourth-order valence-corrected chi connectivity index (χ4v) is 2.29. The first-order valence-corrected chi connectivity index (χ1v) is 6.02. The van der Waals surface area contributed by atoms with Gasteiger partial charge in [0.1, 0.15) is 11.6 Å². The molecule has 1 aromatic carbocycles. The minimum absolute atomic E-state index is 0.185. The molecule has 1 atom stereocenters. The maximum Gasteiger partial charge on any atom is 0.123 e. The highest BCUT2D eigenvalue weighted by atomic mass is 79.9. The van der Waals surface area contributed by atoms with Gasteiger partial charge in [-0.3, -0.25) is 0 Å². The number of rotatable bonds is 4. The van der Waals surface area contributed by atoms with Gasteiger partial charge in [0.05, 0.1) is 0 Å². The van der Waals surface area contributed by atoms with Gasteiger partial charge in [-0.1, -0.05) is 28.1 Å². The van der Waals surface area contributed by atoms with Crippen molar-refractivity contribution >= 4 is 15.9 Å². The number of imidazole rings is 1. The molecule has 84 valence electrons. The van der Waals surface area contributed by atoms with Crippen molar-refractivity contribution in [1.29, 1.82) is 0 Å². The fraction of sp³-hybridized carbons (Fsp3) is 0.250. The summed E-state index contributed by atoms with van der Waals surface area (Å²) in [5.74, 6) is 0.758. The molecule has 0 saturated heterocycles. The van der Waals surface area contributed by atoms with E-state index in [2.05, 4.69) is 25.9 Å². The lowest BCUT2D eigenvalue weighted by atomic mass is 10.1. The van der Waals surface area contributed by atoms with Crippen molar-refractivity contribution in [3.63, 3.8) is 0 Å². The molecule has 1 N–H and O–H groups in total. The largest absolute Gasteiger partial charge is 0.349 e. The Labute approximate surface area is 102 Å². The molecule has 0 aliphatic rings. The molecule has 0 fully saturated rings. The number of aromatic nitrogens is 2. The van der Waals surface area contributed by atoms with E-state index in [0.29, 0.717) is 0 Å². The lowest BCUT2D eigenvalue weighted by Gasteiger charge is -2.08. The third kappa shape index (κ3) is 3.17.